The van der Waals surface area contributed by atoms with E-state index in [4.69, 9.17) is 14.6 Å². The fourth-order valence-corrected chi connectivity index (χ4v) is 3.82. The Hall–Kier alpha value is -1.85. The van der Waals surface area contributed by atoms with Crippen LogP contribution in [-0.2, 0) is 23.9 Å². The van der Waals surface area contributed by atoms with E-state index in [0.29, 0.717) is 0 Å². The monoisotopic (exact) mass is 396 g/mol. The molecule has 1 aliphatic carbocycles. The van der Waals surface area contributed by atoms with Gasteiger partial charge in [0.15, 0.2) is 0 Å². The molecule has 1 atom stereocenters. The lowest BCUT2D eigenvalue weighted by Crippen LogP contribution is -2.40. The fraction of sp³-hybridized carbons (Fsp3) is 0.773. The zero-order chi connectivity index (χ0) is 21.6. The third-order valence-electron chi connectivity index (χ3n) is 5.85. The van der Waals surface area contributed by atoms with E-state index >= 15 is 0 Å². The molecule has 1 N–H and O–H groups in total. The predicted octanol–water partition coefficient (Wildman–Crippen LogP) is 4.52. The van der Waals surface area contributed by atoms with Crippen molar-refractivity contribution in [3.8, 4) is 0 Å². The summed E-state index contributed by atoms with van der Waals surface area (Å²) in [6.45, 7) is 11.6. The topological polar surface area (TPSA) is 89.9 Å². The molecule has 0 heterocycles. The molecule has 0 amide bonds. The van der Waals surface area contributed by atoms with Gasteiger partial charge in [-0.25, -0.2) is 0 Å². The van der Waals surface area contributed by atoms with E-state index in [9.17, 15) is 14.4 Å². The molecular formula is C22H36O6. The van der Waals surface area contributed by atoms with Crippen LogP contribution in [-0.4, -0.2) is 36.2 Å². The molecule has 0 radical (unpaired) electrons. The molecular weight excluding hydrogens is 360 g/mol. The first-order chi connectivity index (χ1) is 12.8. The fourth-order valence-electron chi connectivity index (χ4n) is 3.82. The molecule has 1 saturated carbocycles. The standard InChI is InChI=1S/C22H36O6/c1-16(2)13-21(6,20(3,4)5)19(26)28-12-11-27-18(25)15-22(14-17(23)24)9-7-8-10-22/h13H,7-12,14-15H2,1-6H3,(H,23,24). The molecule has 0 aliphatic heterocycles. The Morgan fingerprint density at radius 3 is 1.96 bits per heavy atom. The highest BCUT2D eigenvalue weighted by molar-refractivity contribution is 5.80. The maximum atomic E-state index is 12.7. The Morgan fingerprint density at radius 2 is 1.50 bits per heavy atom. The minimum absolute atomic E-state index is 0.0102. The number of allylic oxidation sites excluding steroid dienone is 1. The molecule has 6 nitrogen and oxygen atoms in total. The first-order valence-electron chi connectivity index (χ1n) is 10.0. The largest absolute Gasteiger partial charge is 0.481 e. The summed E-state index contributed by atoms with van der Waals surface area (Å²) >= 11 is 0. The molecule has 0 aromatic rings. The molecule has 1 unspecified atom stereocenters. The molecule has 1 aliphatic rings. The second-order valence-corrected chi connectivity index (χ2v) is 9.48. The number of carboxylic acids is 1. The van der Waals surface area contributed by atoms with Gasteiger partial charge in [-0.05, 0) is 44.4 Å². The van der Waals surface area contributed by atoms with Gasteiger partial charge in [-0.2, -0.15) is 0 Å². The third-order valence-corrected chi connectivity index (χ3v) is 5.85. The average Bonchev–Trinajstić information content (AvgIpc) is 2.96. The van der Waals surface area contributed by atoms with Crippen molar-refractivity contribution in [2.75, 3.05) is 13.2 Å². The van der Waals surface area contributed by atoms with E-state index in [2.05, 4.69) is 0 Å². The van der Waals surface area contributed by atoms with E-state index in [1.165, 1.54) is 0 Å². The zero-order valence-electron chi connectivity index (χ0n) is 18.2. The highest BCUT2D eigenvalue weighted by Crippen LogP contribution is 2.44. The molecule has 0 spiro atoms. The van der Waals surface area contributed by atoms with Gasteiger partial charge in [0.25, 0.3) is 0 Å². The highest BCUT2D eigenvalue weighted by Gasteiger charge is 2.44. The number of aliphatic carboxylic acids is 1. The summed E-state index contributed by atoms with van der Waals surface area (Å²) < 4.78 is 10.6. The van der Waals surface area contributed by atoms with E-state index in [1.54, 1.807) is 0 Å². The van der Waals surface area contributed by atoms with Gasteiger partial charge in [0, 0.05) is 0 Å². The van der Waals surface area contributed by atoms with Gasteiger partial charge in [-0.15, -0.1) is 0 Å². The summed E-state index contributed by atoms with van der Waals surface area (Å²) in [5.41, 5.74) is -0.580. The van der Waals surface area contributed by atoms with Gasteiger partial charge in [-0.1, -0.05) is 45.3 Å². The van der Waals surface area contributed by atoms with Crippen LogP contribution in [0.1, 0.15) is 80.1 Å². The van der Waals surface area contributed by atoms with Crippen molar-refractivity contribution in [1.82, 2.24) is 0 Å². The van der Waals surface area contributed by atoms with Gasteiger partial charge >= 0.3 is 17.9 Å². The van der Waals surface area contributed by atoms with Crippen LogP contribution in [0.2, 0.25) is 0 Å². The number of hydrogen-bond acceptors (Lipinski definition) is 5. The van der Waals surface area contributed by atoms with Gasteiger partial charge < -0.3 is 14.6 Å². The second kappa shape index (κ2) is 9.57. The first-order valence-corrected chi connectivity index (χ1v) is 10.0. The average molecular weight is 397 g/mol. The van der Waals surface area contributed by atoms with E-state index in [1.807, 2.05) is 47.6 Å². The number of ether oxygens (including phenoxy) is 2. The van der Waals surface area contributed by atoms with Crippen LogP contribution in [0, 0.1) is 16.2 Å². The van der Waals surface area contributed by atoms with Crippen LogP contribution in [0.15, 0.2) is 11.6 Å². The quantitative estimate of drug-likeness (QED) is 0.350. The number of carbonyl (C=O) groups excluding carboxylic acids is 2. The van der Waals surface area contributed by atoms with Gasteiger partial charge in [0.2, 0.25) is 0 Å². The predicted molar refractivity (Wildman–Crippen MR) is 107 cm³/mol. The summed E-state index contributed by atoms with van der Waals surface area (Å²) in [6, 6.07) is 0. The van der Waals surface area contributed by atoms with Crippen molar-refractivity contribution in [2.24, 2.45) is 16.2 Å². The molecule has 160 valence electrons. The maximum absolute atomic E-state index is 12.7. The Kier molecular flexibility index (Phi) is 8.27. The number of rotatable bonds is 9. The SMILES string of the molecule is CC(C)=CC(C)(C(=O)OCCOC(=O)CC1(CC(=O)O)CCCC1)C(C)(C)C. The van der Waals surface area contributed by atoms with Crippen molar-refractivity contribution >= 4 is 17.9 Å². The summed E-state index contributed by atoms with van der Waals surface area (Å²) in [5, 5.41) is 9.12. The minimum Gasteiger partial charge on any atom is -0.481 e. The molecule has 28 heavy (non-hydrogen) atoms. The van der Waals surface area contributed by atoms with Gasteiger partial charge in [0.1, 0.15) is 13.2 Å². The second-order valence-electron chi connectivity index (χ2n) is 9.48. The Morgan fingerprint density at radius 1 is 0.964 bits per heavy atom. The number of carbonyl (C=O) groups is 3. The van der Waals surface area contributed by atoms with Gasteiger partial charge in [0.05, 0.1) is 18.3 Å². The van der Waals surface area contributed by atoms with E-state index in [0.717, 1.165) is 31.3 Å². The first kappa shape index (κ1) is 24.2. The van der Waals surface area contributed by atoms with Gasteiger partial charge in [-0.3, -0.25) is 14.4 Å². The Labute approximate surface area is 168 Å². The molecule has 0 saturated heterocycles. The van der Waals surface area contributed by atoms with E-state index < -0.39 is 22.8 Å². The van der Waals surface area contributed by atoms with Crippen molar-refractivity contribution in [3.63, 3.8) is 0 Å². The smallest absolute Gasteiger partial charge is 0.316 e. The molecule has 1 fully saturated rings. The van der Waals surface area contributed by atoms with Crippen LogP contribution < -0.4 is 0 Å². The van der Waals surface area contributed by atoms with Crippen LogP contribution in [0.4, 0.5) is 0 Å². The number of hydrogen-bond donors (Lipinski definition) is 1. The van der Waals surface area contributed by atoms with Crippen LogP contribution in [0.5, 0.6) is 0 Å². The summed E-state index contributed by atoms with van der Waals surface area (Å²) in [4.78, 5) is 36.0. The Bertz CT molecular complexity index is 603. The number of esters is 2. The van der Waals surface area contributed by atoms with Crippen LogP contribution >= 0.6 is 0 Å². The molecule has 6 heteroatoms. The van der Waals surface area contributed by atoms with Crippen LogP contribution in [0.25, 0.3) is 0 Å². The maximum Gasteiger partial charge on any atom is 0.316 e. The van der Waals surface area contributed by atoms with Crippen molar-refractivity contribution in [3.05, 3.63) is 11.6 Å². The lowest BCUT2D eigenvalue weighted by atomic mass is 9.67. The zero-order valence-corrected chi connectivity index (χ0v) is 18.2. The molecule has 0 aromatic heterocycles. The third kappa shape index (κ3) is 6.64. The molecule has 0 aromatic carbocycles. The van der Waals surface area contributed by atoms with Crippen molar-refractivity contribution < 1.29 is 29.0 Å². The summed E-state index contributed by atoms with van der Waals surface area (Å²) in [5.74, 6) is -1.66. The van der Waals surface area contributed by atoms with E-state index in [-0.39, 0.29) is 37.4 Å². The minimum atomic E-state index is -0.885. The Balaban J connectivity index is 2.55. The summed E-state index contributed by atoms with van der Waals surface area (Å²) in [6.07, 6.45) is 5.35. The number of carboxylic acid groups (broad SMARTS) is 1. The summed E-state index contributed by atoms with van der Waals surface area (Å²) in [7, 11) is 0. The lowest BCUT2D eigenvalue weighted by molar-refractivity contribution is -0.163. The van der Waals surface area contributed by atoms with Crippen molar-refractivity contribution in [2.45, 2.75) is 80.1 Å². The van der Waals surface area contributed by atoms with Crippen molar-refractivity contribution in [1.29, 1.82) is 0 Å². The highest BCUT2D eigenvalue weighted by atomic mass is 16.6. The lowest BCUT2D eigenvalue weighted by Gasteiger charge is -2.37. The molecule has 0 bridgehead atoms. The molecule has 1 rings (SSSR count). The van der Waals surface area contributed by atoms with Crippen LogP contribution in [0.3, 0.4) is 0 Å². The normalized spacial score (nSPS) is 18.1.